The maximum Gasteiger partial charge on any atom is 0.325 e. The summed E-state index contributed by atoms with van der Waals surface area (Å²) in [7, 11) is 0. The van der Waals surface area contributed by atoms with Crippen LogP contribution >= 0.6 is 0 Å². The van der Waals surface area contributed by atoms with Gasteiger partial charge in [0.2, 0.25) is 0 Å². The molecule has 0 spiro atoms. The number of esters is 1. The minimum atomic E-state index is -0.541. The van der Waals surface area contributed by atoms with Crippen molar-refractivity contribution >= 4 is 11.9 Å². The molecule has 0 bridgehead atoms. The Kier molecular flexibility index (Phi) is 8.82. The number of rotatable bonds is 11. The third-order valence-corrected chi connectivity index (χ3v) is 3.86. The summed E-state index contributed by atoms with van der Waals surface area (Å²) in [4.78, 5) is 24.4. The average molecular weight is 401 g/mol. The third kappa shape index (κ3) is 6.71. The number of ether oxygens (including phenoxy) is 4. The molecule has 2 aromatic carbocycles. The van der Waals surface area contributed by atoms with Gasteiger partial charge in [-0.25, -0.2) is 0 Å². The Morgan fingerprint density at radius 3 is 2.21 bits per heavy atom. The van der Waals surface area contributed by atoms with Gasteiger partial charge in [0.1, 0.15) is 18.9 Å². The Hall–Kier alpha value is -3.22. The van der Waals surface area contributed by atoms with E-state index >= 15 is 0 Å². The Bertz CT molecular complexity index is 821. The Morgan fingerprint density at radius 2 is 1.48 bits per heavy atom. The summed E-state index contributed by atoms with van der Waals surface area (Å²) in [5.41, 5.74) is 1.13. The highest BCUT2D eigenvalue weighted by Gasteiger charge is 2.13. The lowest BCUT2D eigenvalue weighted by Crippen LogP contribution is -2.30. The zero-order valence-electron chi connectivity index (χ0n) is 17.0. The predicted octanol–water partition coefficient (Wildman–Crippen LogP) is 3.36. The first-order valence-electron chi connectivity index (χ1n) is 9.63. The lowest BCUT2D eigenvalue weighted by molar-refractivity contribution is -0.143. The summed E-state index contributed by atoms with van der Waals surface area (Å²) in [5, 5.41) is 2.55. The van der Waals surface area contributed by atoms with E-state index in [4.69, 9.17) is 18.9 Å². The van der Waals surface area contributed by atoms with Crippen LogP contribution in [0.5, 0.6) is 17.2 Å². The van der Waals surface area contributed by atoms with Gasteiger partial charge in [-0.1, -0.05) is 18.2 Å². The summed E-state index contributed by atoms with van der Waals surface area (Å²) in [5.74, 6) is 0.779. The van der Waals surface area contributed by atoms with Gasteiger partial charge in [0.15, 0.2) is 11.5 Å². The summed E-state index contributed by atoms with van der Waals surface area (Å²) in [6.45, 7) is 6.89. The molecule has 2 aromatic rings. The SMILES string of the molecule is CCOc1ccccc1COC(=O)CNC(=O)c1ccc(OCC)c(OCC)c1. The van der Waals surface area contributed by atoms with E-state index in [1.54, 1.807) is 18.2 Å². The number of amides is 1. The van der Waals surface area contributed by atoms with Gasteiger partial charge in [0.25, 0.3) is 5.91 Å². The van der Waals surface area contributed by atoms with E-state index < -0.39 is 11.9 Å². The van der Waals surface area contributed by atoms with Crippen LogP contribution in [0.3, 0.4) is 0 Å². The number of carbonyl (C=O) groups is 2. The van der Waals surface area contributed by atoms with Gasteiger partial charge in [-0.2, -0.15) is 0 Å². The molecule has 7 heteroatoms. The molecule has 0 heterocycles. The van der Waals surface area contributed by atoms with Gasteiger partial charge in [-0.3, -0.25) is 9.59 Å². The smallest absolute Gasteiger partial charge is 0.325 e. The molecule has 0 aliphatic carbocycles. The first kappa shape index (κ1) is 22.1. The van der Waals surface area contributed by atoms with Crippen molar-refractivity contribution in [3.8, 4) is 17.2 Å². The van der Waals surface area contributed by atoms with Crippen LogP contribution in [0.2, 0.25) is 0 Å². The molecule has 0 unspecified atom stereocenters. The number of hydrogen-bond acceptors (Lipinski definition) is 6. The minimum Gasteiger partial charge on any atom is -0.493 e. The molecule has 7 nitrogen and oxygen atoms in total. The fraction of sp³-hybridized carbons (Fsp3) is 0.364. The highest BCUT2D eigenvalue weighted by Crippen LogP contribution is 2.28. The van der Waals surface area contributed by atoms with Crippen LogP contribution in [0.15, 0.2) is 42.5 Å². The zero-order valence-corrected chi connectivity index (χ0v) is 17.0. The Morgan fingerprint density at radius 1 is 0.828 bits per heavy atom. The number of benzene rings is 2. The summed E-state index contributed by atoms with van der Waals surface area (Å²) >= 11 is 0. The van der Waals surface area contributed by atoms with Crippen LogP contribution in [0, 0.1) is 0 Å². The Labute approximate surface area is 170 Å². The zero-order chi connectivity index (χ0) is 21.1. The fourth-order valence-corrected chi connectivity index (χ4v) is 2.58. The second-order valence-electron chi connectivity index (χ2n) is 5.91. The van der Waals surface area contributed by atoms with Gasteiger partial charge in [0.05, 0.1) is 19.8 Å². The van der Waals surface area contributed by atoms with Gasteiger partial charge in [0, 0.05) is 11.1 Å². The number of carbonyl (C=O) groups excluding carboxylic acids is 2. The molecule has 0 saturated carbocycles. The molecule has 156 valence electrons. The van der Waals surface area contributed by atoms with Crippen LogP contribution in [-0.2, 0) is 16.1 Å². The van der Waals surface area contributed by atoms with Crippen molar-refractivity contribution in [2.75, 3.05) is 26.4 Å². The molecule has 0 fully saturated rings. The van der Waals surface area contributed by atoms with Crippen molar-refractivity contribution in [1.82, 2.24) is 5.32 Å². The van der Waals surface area contributed by atoms with Crippen molar-refractivity contribution < 1.29 is 28.5 Å². The van der Waals surface area contributed by atoms with Gasteiger partial charge >= 0.3 is 5.97 Å². The number of nitrogens with one attached hydrogen (secondary N) is 1. The van der Waals surface area contributed by atoms with Crippen molar-refractivity contribution in [3.05, 3.63) is 53.6 Å². The topological polar surface area (TPSA) is 83.1 Å². The number of para-hydroxylation sites is 1. The van der Waals surface area contributed by atoms with Crippen LogP contribution < -0.4 is 19.5 Å². The first-order chi connectivity index (χ1) is 14.1. The highest BCUT2D eigenvalue weighted by atomic mass is 16.5. The van der Waals surface area contributed by atoms with Crippen molar-refractivity contribution in [1.29, 1.82) is 0 Å². The summed E-state index contributed by atoms with van der Waals surface area (Å²) in [6, 6.07) is 12.2. The molecule has 0 saturated heterocycles. The molecule has 0 aliphatic rings. The first-order valence-corrected chi connectivity index (χ1v) is 9.63. The summed E-state index contributed by atoms with van der Waals surface area (Å²) in [6.07, 6.45) is 0. The average Bonchev–Trinajstić information content (AvgIpc) is 2.73. The maximum atomic E-state index is 12.4. The van der Waals surface area contributed by atoms with Crippen LogP contribution in [-0.4, -0.2) is 38.2 Å². The molecule has 29 heavy (non-hydrogen) atoms. The maximum absolute atomic E-state index is 12.4. The van der Waals surface area contributed by atoms with Gasteiger partial charge in [-0.05, 0) is 45.0 Å². The molecular weight excluding hydrogens is 374 g/mol. The Balaban J connectivity index is 1.90. The van der Waals surface area contributed by atoms with E-state index in [0.717, 1.165) is 5.56 Å². The largest absolute Gasteiger partial charge is 0.493 e. The van der Waals surface area contributed by atoms with Crippen LogP contribution in [0.1, 0.15) is 36.7 Å². The molecule has 0 aromatic heterocycles. The van der Waals surface area contributed by atoms with Crippen LogP contribution in [0.4, 0.5) is 0 Å². The monoisotopic (exact) mass is 401 g/mol. The minimum absolute atomic E-state index is 0.0718. The number of hydrogen-bond donors (Lipinski definition) is 1. The quantitative estimate of drug-likeness (QED) is 0.582. The molecular formula is C22H27NO6. The summed E-state index contributed by atoms with van der Waals surface area (Å²) < 4.78 is 21.7. The predicted molar refractivity (Wildman–Crippen MR) is 109 cm³/mol. The molecule has 0 aliphatic heterocycles. The second kappa shape index (κ2) is 11.6. The van der Waals surface area contributed by atoms with E-state index in [9.17, 15) is 9.59 Å². The van der Waals surface area contributed by atoms with E-state index in [2.05, 4.69) is 5.32 Å². The van der Waals surface area contributed by atoms with Gasteiger partial charge in [-0.15, -0.1) is 0 Å². The molecule has 1 N–H and O–H groups in total. The van der Waals surface area contributed by atoms with Crippen molar-refractivity contribution in [3.63, 3.8) is 0 Å². The molecule has 0 atom stereocenters. The van der Waals surface area contributed by atoms with E-state index in [-0.39, 0.29) is 13.2 Å². The lowest BCUT2D eigenvalue weighted by atomic mass is 10.2. The lowest BCUT2D eigenvalue weighted by Gasteiger charge is -2.13. The molecule has 0 radical (unpaired) electrons. The van der Waals surface area contributed by atoms with Crippen molar-refractivity contribution in [2.24, 2.45) is 0 Å². The fourth-order valence-electron chi connectivity index (χ4n) is 2.58. The molecule has 2 rings (SSSR count). The van der Waals surface area contributed by atoms with Crippen LogP contribution in [0.25, 0.3) is 0 Å². The third-order valence-electron chi connectivity index (χ3n) is 3.86. The van der Waals surface area contributed by atoms with E-state index in [0.29, 0.717) is 42.6 Å². The van der Waals surface area contributed by atoms with E-state index in [1.807, 2.05) is 45.0 Å². The second-order valence-corrected chi connectivity index (χ2v) is 5.91. The van der Waals surface area contributed by atoms with Crippen molar-refractivity contribution in [2.45, 2.75) is 27.4 Å². The molecule has 1 amide bonds. The van der Waals surface area contributed by atoms with Gasteiger partial charge < -0.3 is 24.3 Å². The standard InChI is InChI=1S/C22H27NO6/c1-4-26-18-10-8-7-9-17(18)15-29-21(24)14-23-22(25)16-11-12-19(27-5-2)20(13-16)28-6-3/h7-13H,4-6,14-15H2,1-3H3,(H,23,25). The highest BCUT2D eigenvalue weighted by molar-refractivity contribution is 5.96. The van der Waals surface area contributed by atoms with E-state index in [1.165, 1.54) is 0 Å². The normalized spacial score (nSPS) is 10.2.